The highest BCUT2D eigenvalue weighted by atomic mass is 16.6. The molecule has 0 N–H and O–H groups in total. The SMILES string of the molecule is C/C=C/C(OC(=O)c1ccc([N+](=O)[O-])cc1)C1CCC(=O)O1. The first-order valence-electron chi connectivity index (χ1n) is 6.79. The lowest BCUT2D eigenvalue weighted by Crippen LogP contribution is -2.29. The van der Waals surface area contributed by atoms with Crippen LogP contribution in [0.5, 0.6) is 0 Å². The molecular formula is C15H15NO6. The van der Waals surface area contributed by atoms with Gasteiger partial charge < -0.3 is 9.47 Å². The largest absolute Gasteiger partial charge is 0.458 e. The molecule has 1 aliphatic heterocycles. The second-order valence-corrected chi connectivity index (χ2v) is 4.77. The maximum atomic E-state index is 12.1. The van der Waals surface area contributed by atoms with E-state index in [1.807, 2.05) is 0 Å². The molecule has 1 aromatic rings. The predicted octanol–water partition coefficient (Wildman–Crippen LogP) is 2.40. The number of allylic oxidation sites excluding steroid dienone is 1. The van der Waals surface area contributed by atoms with Crippen molar-refractivity contribution in [3.05, 3.63) is 52.1 Å². The summed E-state index contributed by atoms with van der Waals surface area (Å²) in [7, 11) is 0. The number of nitro groups is 1. The Labute approximate surface area is 126 Å². The van der Waals surface area contributed by atoms with E-state index in [2.05, 4.69) is 0 Å². The summed E-state index contributed by atoms with van der Waals surface area (Å²) in [6.07, 6.45) is 2.98. The number of non-ortho nitro benzene ring substituents is 1. The molecule has 0 aromatic heterocycles. The Balaban J connectivity index is 2.07. The minimum atomic E-state index is -0.667. The van der Waals surface area contributed by atoms with Crippen molar-refractivity contribution in [1.82, 2.24) is 0 Å². The van der Waals surface area contributed by atoms with Crippen molar-refractivity contribution < 1.29 is 24.0 Å². The molecule has 116 valence electrons. The van der Waals surface area contributed by atoms with Crippen LogP contribution in [0.4, 0.5) is 5.69 Å². The maximum absolute atomic E-state index is 12.1. The van der Waals surface area contributed by atoms with E-state index in [0.29, 0.717) is 12.8 Å². The molecular weight excluding hydrogens is 290 g/mol. The van der Waals surface area contributed by atoms with Crippen LogP contribution in [0.1, 0.15) is 30.1 Å². The molecule has 2 rings (SSSR count). The van der Waals surface area contributed by atoms with Gasteiger partial charge in [-0.3, -0.25) is 14.9 Å². The number of hydrogen-bond acceptors (Lipinski definition) is 6. The molecule has 0 radical (unpaired) electrons. The van der Waals surface area contributed by atoms with Gasteiger partial charge in [-0.15, -0.1) is 0 Å². The van der Waals surface area contributed by atoms with Gasteiger partial charge >= 0.3 is 11.9 Å². The van der Waals surface area contributed by atoms with Crippen molar-refractivity contribution in [1.29, 1.82) is 0 Å². The molecule has 0 aliphatic carbocycles. The normalized spacial score (nSPS) is 19.0. The third-order valence-electron chi connectivity index (χ3n) is 3.22. The van der Waals surface area contributed by atoms with Crippen LogP contribution in [-0.4, -0.2) is 29.1 Å². The lowest BCUT2D eigenvalue weighted by Gasteiger charge is -2.19. The van der Waals surface area contributed by atoms with Gasteiger partial charge in [-0.25, -0.2) is 4.79 Å². The van der Waals surface area contributed by atoms with Gasteiger partial charge in [0.15, 0.2) is 6.10 Å². The fourth-order valence-corrected chi connectivity index (χ4v) is 2.12. The highest BCUT2D eigenvalue weighted by Crippen LogP contribution is 2.21. The Hall–Kier alpha value is -2.70. The first-order valence-corrected chi connectivity index (χ1v) is 6.79. The number of cyclic esters (lactones) is 1. The second kappa shape index (κ2) is 6.84. The topological polar surface area (TPSA) is 95.7 Å². The Morgan fingerprint density at radius 3 is 2.64 bits per heavy atom. The van der Waals surface area contributed by atoms with Crippen molar-refractivity contribution in [3.8, 4) is 0 Å². The molecule has 1 aliphatic rings. The van der Waals surface area contributed by atoms with Crippen LogP contribution in [-0.2, 0) is 14.3 Å². The van der Waals surface area contributed by atoms with E-state index < -0.39 is 23.1 Å². The zero-order chi connectivity index (χ0) is 16.1. The fraction of sp³-hybridized carbons (Fsp3) is 0.333. The summed E-state index contributed by atoms with van der Waals surface area (Å²) < 4.78 is 10.4. The number of nitro benzene ring substituents is 1. The zero-order valence-corrected chi connectivity index (χ0v) is 11.9. The summed E-state index contributed by atoms with van der Waals surface area (Å²) in [6, 6.07) is 5.12. The molecule has 0 spiro atoms. The Morgan fingerprint density at radius 2 is 2.14 bits per heavy atom. The summed E-state index contributed by atoms with van der Waals surface area (Å²) in [5.41, 5.74) is 0.0932. The molecule has 1 saturated heterocycles. The third-order valence-corrected chi connectivity index (χ3v) is 3.22. The highest BCUT2D eigenvalue weighted by Gasteiger charge is 2.32. The van der Waals surface area contributed by atoms with E-state index in [0.717, 1.165) is 0 Å². The molecule has 7 heteroatoms. The number of rotatable bonds is 5. The van der Waals surface area contributed by atoms with Crippen LogP contribution >= 0.6 is 0 Å². The first kappa shape index (κ1) is 15.7. The molecule has 2 atom stereocenters. The van der Waals surface area contributed by atoms with Crippen molar-refractivity contribution in [2.75, 3.05) is 0 Å². The van der Waals surface area contributed by atoms with Crippen LogP contribution in [0.15, 0.2) is 36.4 Å². The smallest absolute Gasteiger partial charge is 0.338 e. The Bertz CT molecular complexity index is 607. The van der Waals surface area contributed by atoms with E-state index in [-0.39, 0.29) is 17.2 Å². The fourth-order valence-electron chi connectivity index (χ4n) is 2.12. The molecule has 0 bridgehead atoms. The van der Waals surface area contributed by atoms with Crippen LogP contribution in [0, 0.1) is 10.1 Å². The molecule has 0 amide bonds. The van der Waals surface area contributed by atoms with Crippen molar-refractivity contribution in [3.63, 3.8) is 0 Å². The molecule has 7 nitrogen and oxygen atoms in total. The average molecular weight is 305 g/mol. The lowest BCUT2D eigenvalue weighted by molar-refractivity contribution is -0.384. The van der Waals surface area contributed by atoms with Crippen molar-refractivity contribution >= 4 is 17.6 Å². The van der Waals surface area contributed by atoms with E-state index in [9.17, 15) is 19.7 Å². The van der Waals surface area contributed by atoms with E-state index in [4.69, 9.17) is 9.47 Å². The van der Waals surface area contributed by atoms with Crippen LogP contribution in [0.2, 0.25) is 0 Å². The maximum Gasteiger partial charge on any atom is 0.338 e. The van der Waals surface area contributed by atoms with Gasteiger partial charge in [-0.1, -0.05) is 6.08 Å². The molecule has 1 heterocycles. The molecule has 1 aromatic carbocycles. The van der Waals surface area contributed by atoms with Gasteiger partial charge in [0.25, 0.3) is 5.69 Å². The molecule has 22 heavy (non-hydrogen) atoms. The van der Waals surface area contributed by atoms with Crippen molar-refractivity contribution in [2.24, 2.45) is 0 Å². The van der Waals surface area contributed by atoms with Crippen LogP contribution < -0.4 is 0 Å². The van der Waals surface area contributed by atoms with Gasteiger partial charge in [0.1, 0.15) is 6.10 Å². The summed E-state index contributed by atoms with van der Waals surface area (Å²) in [4.78, 5) is 33.3. The van der Waals surface area contributed by atoms with Gasteiger partial charge in [-0.05, 0) is 31.6 Å². The van der Waals surface area contributed by atoms with Crippen LogP contribution in [0.3, 0.4) is 0 Å². The first-order chi connectivity index (χ1) is 10.5. The minimum Gasteiger partial charge on any atom is -0.458 e. The summed E-state index contributed by atoms with van der Waals surface area (Å²) in [5.74, 6) is -0.938. The number of carbonyl (C=O) groups is 2. The van der Waals surface area contributed by atoms with E-state index >= 15 is 0 Å². The van der Waals surface area contributed by atoms with E-state index in [1.54, 1.807) is 19.1 Å². The quantitative estimate of drug-likeness (QED) is 0.359. The van der Waals surface area contributed by atoms with Gasteiger partial charge in [0.2, 0.25) is 0 Å². The second-order valence-electron chi connectivity index (χ2n) is 4.77. The van der Waals surface area contributed by atoms with Gasteiger partial charge in [0, 0.05) is 18.6 Å². The Kier molecular flexibility index (Phi) is 4.88. The number of esters is 2. The molecule has 1 fully saturated rings. The third kappa shape index (κ3) is 3.69. The minimum absolute atomic E-state index is 0.105. The standard InChI is InChI=1S/C15H15NO6/c1-2-3-12(13-8-9-14(17)21-13)22-15(18)10-4-6-11(7-5-10)16(19)20/h2-7,12-13H,8-9H2,1H3/b3-2+. The number of ether oxygens (including phenoxy) is 2. The summed E-state index contributed by atoms with van der Waals surface area (Å²) in [5, 5.41) is 10.6. The molecule has 0 saturated carbocycles. The zero-order valence-electron chi connectivity index (χ0n) is 11.9. The Morgan fingerprint density at radius 1 is 1.45 bits per heavy atom. The van der Waals surface area contributed by atoms with Crippen molar-refractivity contribution in [2.45, 2.75) is 32.0 Å². The summed E-state index contributed by atoms with van der Waals surface area (Å²) in [6.45, 7) is 1.77. The monoisotopic (exact) mass is 305 g/mol. The number of carbonyl (C=O) groups excluding carboxylic acids is 2. The summed E-state index contributed by atoms with van der Waals surface area (Å²) >= 11 is 0. The van der Waals surface area contributed by atoms with Gasteiger partial charge in [-0.2, -0.15) is 0 Å². The number of nitrogens with zero attached hydrogens (tertiary/aromatic N) is 1. The lowest BCUT2D eigenvalue weighted by atomic mass is 10.1. The average Bonchev–Trinajstić information content (AvgIpc) is 2.93. The number of hydrogen-bond donors (Lipinski definition) is 0. The van der Waals surface area contributed by atoms with Crippen LogP contribution in [0.25, 0.3) is 0 Å². The predicted molar refractivity (Wildman–Crippen MR) is 76.2 cm³/mol. The van der Waals surface area contributed by atoms with E-state index in [1.165, 1.54) is 24.3 Å². The number of benzene rings is 1. The highest BCUT2D eigenvalue weighted by molar-refractivity contribution is 5.89. The molecule has 2 unspecified atom stereocenters. The van der Waals surface area contributed by atoms with Gasteiger partial charge in [0.05, 0.1) is 10.5 Å².